The highest BCUT2D eigenvalue weighted by molar-refractivity contribution is 6.03. The number of nitrogens with one attached hydrogen (secondary N) is 2. The lowest BCUT2D eigenvalue weighted by molar-refractivity contribution is -0.131. The minimum Gasteiger partial charge on any atom is -0.490 e. The molecule has 8 heteroatoms. The fourth-order valence-corrected chi connectivity index (χ4v) is 5.68. The first-order valence-electron chi connectivity index (χ1n) is 14.0. The van der Waals surface area contributed by atoms with Gasteiger partial charge in [0, 0.05) is 50.7 Å². The zero-order chi connectivity index (χ0) is 28.9. The molecule has 2 bridgehead atoms. The van der Waals surface area contributed by atoms with Crippen LogP contribution in [0.3, 0.4) is 0 Å². The van der Waals surface area contributed by atoms with Gasteiger partial charge in [0.2, 0.25) is 11.8 Å². The van der Waals surface area contributed by atoms with Crippen molar-refractivity contribution in [2.45, 2.75) is 45.2 Å². The molecule has 2 aliphatic rings. The second kappa shape index (κ2) is 12.6. The molecule has 0 aromatic heterocycles. The molecule has 1 fully saturated rings. The second-order valence-corrected chi connectivity index (χ2v) is 10.7. The molecule has 6 nitrogen and oxygen atoms in total. The molecule has 2 atom stereocenters. The van der Waals surface area contributed by atoms with Crippen LogP contribution in [-0.2, 0) is 22.4 Å². The van der Waals surface area contributed by atoms with Crippen LogP contribution in [0.5, 0.6) is 5.75 Å². The molecule has 2 heterocycles. The number of amides is 2. The summed E-state index contributed by atoms with van der Waals surface area (Å²) < 4.78 is 32.7. The number of hydrogen-bond donors (Lipinski definition) is 2. The maximum absolute atomic E-state index is 13.8. The molecule has 3 aromatic carbocycles. The van der Waals surface area contributed by atoms with Crippen LogP contribution in [0.2, 0.25) is 0 Å². The minimum absolute atomic E-state index is 0.00829. The molecule has 0 saturated carbocycles. The highest BCUT2D eigenvalue weighted by atomic mass is 19.1. The van der Waals surface area contributed by atoms with E-state index in [2.05, 4.69) is 29.7 Å². The van der Waals surface area contributed by atoms with Crippen LogP contribution in [0.4, 0.5) is 8.78 Å². The number of aryl methyl sites for hydroxylation is 1. The van der Waals surface area contributed by atoms with E-state index in [-0.39, 0.29) is 36.3 Å². The lowest BCUT2D eigenvalue weighted by Crippen LogP contribution is -2.61. The van der Waals surface area contributed by atoms with Gasteiger partial charge < -0.3 is 20.3 Å². The number of piperazine rings is 1. The summed E-state index contributed by atoms with van der Waals surface area (Å²) in [5.41, 5.74) is 5.99. The van der Waals surface area contributed by atoms with Crippen molar-refractivity contribution in [1.29, 1.82) is 0 Å². The third-order valence-electron chi connectivity index (χ3n) is 7.88. The number of fused-ring (bicyclic) bond motifs is 2. The van der Waals surface area contributed by atoms with Crippen molar-refractivity contribution in [2.75, 3.05) is 26.2 Å². The summed E-state index contributed by atoms with van der Waals surface area (Å²) in [4.78, 5) is 27.7. The Bertz CT molecular complexity index is 1450. The van der Waals surface area contributed by atoms with Crippen molar-refractivity contribution in [3.63, 3.8) is 0 Å². The smallest absolute Gasteiger partial charge is 0.249 e. The predicted octanol–water partition coefficient (Wildman–Crippen LogP) is 4.60. The van der Waals surface area contributed by atoms with Crippen LogP contribution >= 0.6 is 0 Å². The van der Waals surface area contributed by atoms with E-state index in [1.54, 1.807) is 6.92 Å². The number of halogens is 2. The number of rotatable bonds is 9. The lowest BCUT2D eigenvalue weighted by Gasteiger charge is -2.44. The van der Waals surface area contributed by atoms with Crippen molar-refractivity contribution in [2.24, 2.45) is 0 Å². The van der Waals surface area contributed by atoms with Gasteiger partial charge in [-0.25, -0.2) is 8.78 Å². The molecule has 0 spiro atoms. The third kappa shape index (κ3) is 6.82. The average molecular weight is 560 g/mol. The van der Waals surface area contributed by atoms with Crippen molar-refractivity contribution >= 4 is 17.4 Å². The van der Waals surface area contributed by atoms with E-state index in [1.807, 2.05) is 41.3 Å². The van der Waals surface area contributed by atoms with E-state index in [4.69, 9.17) is 4.74 Å². The summed E-state index contributed by atoms with van der Waals surface area (Å²) in [5.74, 6) is -1.37. The summed E-state index contributed by atoms with van der Waals surface area (Å²) >= 11 is 0. The number of hydrogen-bond acceptors (Lipinski definition) is 4. The van der Waals surface area contributed by atoms with Crippen LogP contribution < -0.4 is 15.4 Å². The average Bonchev–Trinajstić information content (AvgIpc) is 2.95. The Balaban J connectivity index is 1.32. The van der Waals surface area contributed by atoms with E-state index in [1.165, 1.54) is 11.1 Å². The van der Waals surface area contributed by atoms with E-state index in [9.17, 15) is 18.4 Å². The molecule has 0 radical (unpaired) electrons. The number of carbonyl (C=O) groups is 2. The summed E-state index contributed by atoms with van der Waals surface area (Å²) in [7, 11) is 0. The Labute approximate surface area is 239 Å². The van der Waals surface area contributed by atoms with Crippen LogP contribution in [0.1, 0.15) is 35.6 Å². The van der Waals surface area contributed by atoms with Crippen molar-refractivity contribution in [1.82, 2.24) is 15.5 Å². The van der Waals surface area contributed by atoms with Gasteiger partial charge in [0.1, 0.15) is 5.82 Å². The van der Waals surface area contributed by atoms with Gasteiger partial charge in [-0.2, -0.15) is 0 Å². The van der Waals surface area contributed by atoms with Crippen LogP contribution in [-0.4, -0.2) is 55.0 Å². The van der Waals surface area contributed by atoms with Crippen LogP contribution in [0, 0.1) is 18.6 Å². The molecular weight excluding hydrogens is 524 g/mol. The number of ether oxygens (including phenoxy) is 1. The quantitative estimate of drug-likeness (QED) is 0.402. The molecule has 2 N–H and O–H groups in total. The normalized spacial score (nSPS) is 18.3. The molecule has 5 rings (SSSR count). The van der Waals surface area contributed by atoms with Crippen molar-refractivity contribution < 1.29 is 23.1 Å². The SMILES string of the molecule is CC(=O)N1C[C@H]2CC(c3ccc(CCOc4cc(F)ccc4F)cc3)=C(C(=O)NCCc3ccccc3C)[C@@H](C1)N2. The van der Waals surface area contributed by atoms with E-state index in [0.29, 0.717) is 38.0 Å². The standard InChI is InChI=1S/C33H35F2N3O3/c1-21-5-3-4-6-24(21)13-15-36-33(40)32-28(18-27-19-38(22(2)39)20-30(32)37-27)25-9-7-23(8-10-25)14-16-41-31-17-26(34)11-12-29(31)35/h3-12,17,27,30,37H,13-16,18-20H2,1-2H3,(H,36,40)/t27-,30-/m1/s1. The molecule has 214 valence electrons. The Morgan fingerprint density at radius 1 is 1.02 bits per heavy atom. The van der Waals surface area contributed by atoms with E-state index < -0.39 is 11.6 Å². The molecule has 1 saturated heterocycles. The van der Waals surface area contributed by atoms with Crippen LogP contribution in [0.15, 0.2) is 72.3 Å². The third-order valence-corrected chi connectivity index (χ3v) is 7.88. The van der Waals surface area contributed by atoms with Gasteiger partial charge in [0.05, 0.1) is 12.6 Å². The van der Waals surface area contributed by atoms with Gasteiger partial charge in [-0.05, 0) is 59.7 Å². The largest absolute Gasteiger partial charge is 0.490 e. The maximum atomic E-state index is 13.8. The summed E-state index contributed by atoms with van der Waals surface area (Å²) in [6.07, 6.45) is 1.88. The second-order valence-electron chi connectivity index (χ2n) is 10.7. The molecule has 2 aliphatic heterocycles. The fraction of sp³-hybridized carbons (Fsp3) is 0.333. The minimum atomic E-state index is -0.599. The first-order valence-corrected chi connectivity index (χ1v) is 14.0. The highest BCUT2D eigenvalue weighted by Crippen LogP contribution is 2.33. The Kier molecular flexibility index (Phi) is 8.78. The first-order chi connectivity index (χ1) is 19.8. The Morgan fingerprint density at radius 2 is 1.80 bits per heavy atom. The topological polar surface area (TPSA) is 70.7 Å². The maximum Gasteiger partial charge on any atom is 0.249 e. The monoisotopic (exact) mass is 559 g/mol. The highest BCUT2D eigenvalue weighted by Gasteiger charge is 2.38. The number of benzene rings is 3. The lowest BCUT2D eigenvalue weighted by atomic mass is 9.83. The van der Waals surface area contributed by atoms with Gasteiger partial charge in [0.15, 0.2) is 11.6 Å². The van der Waals surface area contributed by atoms with Crippen molar-refractivity contribution in [3.05, 3.63) is 106 Å². The summed E-state index contributed by atoms with van der Waals surface area (Å²) in [6, 6.07) is 19.0. The molecular formula is C33H35F2N3O3. The van der Waals surface area contributed by atoms with Crippen LogP contribution in [0.25, 0.3) is 5.57 Å². The fourth-order valence-electron chi connectivity index (χ4n) is 5.68. The Hall–Kier alpha value is -4.04. The van der Waals surface area contributed by atoms with Gasteiger partial charge in [0.25, 0.3) is 0 Å². The van der Waals surface area contributed by atoms with Gasteiger partial charge in [-0.15, -0.1) is 0 Å². The van der Waals surface area contributed by atoms with E-state index >= 15 is 0 Å². The molecule has 0 aliphatic carbocycles. The zero-order valence-electron chi connectivity index (χ0n) is 23.4. The first kappa shape index (κ1) is 28.5. The molecule has 3 aromatic rings. The van der Waals surface area contributed by atoms with Gasteiger partial charge in [-0.1, -0.05) is 48.5 Å². The zero-order valence-corrected chi connectivity index (χ0v) is 23.4. The molecule has 0 unspecified atom stereocenters. The summed E-state index contributed by atoms with van der Waals surface area (Å²) in [5, 5.41) is 6.69. The Morgan fingerprint density at radius 3 is 2.56 bits per heavy atom. The van der Waals surface area contributed by atoms with E-state index in [0.717, 1.165) is 41.3 Å². The van der Waals surface area contributed by atoms with Crippen molar-refractivity contribution in [3.8, 4) is 5.75 Å². The molecule has 41 heavy (non-hydrogen) atoms. The summed E-state index contributed by atoms with van der Waals surface area (Å²) in [6.45, 7) is 5.39. The molecule has 2 amide bonds. The predicted molar refractivity (Wildman–Crippen MR) is 154 cm³/mol. The van der Waals surface area contributed by atoms with Gasteiger partial charge in [-0.3, -0.25) is 9.59 Å². The number of nitrogens with zero attached hydrogens (tertiary/aromatic N) is 1. The van der Waals surface area contributed by atoms with Gasteiger partial charge >= 0.3 is 0 Å². The number of carbonyl (C=O) groups excluding carboxylic acids is 2.